The lowest BCUT2D eigenvalue weighted by Crippen LogP contribution is -2.53. The number of amides is 2. The minimum atomic E-state index is -0.684. The summed E-state index contributed by atoms with van der Waals surface area (Å²) < 4.78 is 7.01. The number of rotatable bonds is 11. The maximum Gasteiger partial charge on any atom is 0.261 e. The van der Waals surface area contributed by atoms with E-state index in [1.807, 2.05) is 95.3 Å². The van der Waals surface area contributed by atoms with Gasteiger partial charge in [0.15, 0.2) is 6.61 Å². The third kappa shape index (κ3) is 8.19. The maximum atomic E-state index is 13.8. The number of halogens is 1. The maximum absolute atomic E-state index is 13.8. The number of carbonyl (C=O) groups is 2. The SMILES string of the molecule is CC[C@H](C)NC(=O)[C@H](Cc1ccccc1)N(Cc1ccc(Br)cc1)C(=O)COc1cc(C)cc(C)c1C. The number of ether oxygens (including phenoxy) is 1. The Balaban J connectivity index is 1.94. The van der Waals surface area contributed by atoms with Crippen molar-refractivity contribution in [2.24, 2.45) is 0 Å². The highest BCUT2D eigenvalue weighted by Gasteiger charge is 2.31. The highest BCUT2D eigenvalue weighted by Crippen LogP contribution is 2.24. The molecule has 3 rings (SSSR count). The van der Waals surface area contributed by atoms with Gasteiger partial charge in [0.05, 0.1) is 0 Å². The molecule has 0 saturated carbocycles. The summed E-state index contributed by atoms with van der Waals surface area (Å²) in [5.41, 5.74) is 5.13. The van der Waals surface area contributed by atoms with Crippen LogP contribution in [0.5, 0.6) is 5.75 Å². The molecule has 37 heavy (non-hydrogen) atoms. The van der Waals surface area contributed by atoms with Crippen LogP contribution < -0.4 is 10.1 Å². The number of carbonyl (C=O) groups excluding carboxylic acids is 2. The van der Waals surface area contributed by atoms with E-state index in [0.29, 0.717) is 18.7 Å². The molecule has 2 amide bonds. The number of nitrogens with one attached hydrogen (secondary N) is 1. The molecule has 0 aliphatic heterocycles. The van der Waals surface area contributed by atoms with Crippen molar-refractivity contribution in [3.63, 3.8) is 0 Å². The van der Waals surface area contributed by atoms with Crippen LogP contribution in [0.2, 0.25) is 0 Å². The Morgan fingerprint density at radius 2 is 1.65 bits per heavy atom. The van der Waals surface area contributed by atoms with E-state index in [0.717, 1.165) is 38.7 Å². The van der Waals surface area contributed by atoms with E-state index in [4.69, 9.17) is 4.74 Å². The van der Waals surface area contributed by atoms with Crippen molar-refractivity contribution in [3.05, 3.63) is 99.0 Å². The first-order chi connectivity index (χ1) is 17.7. The molecule has 0 unspecified atom stereocenters. The zero-order valence-electron chi connectivity index (χ0n) is 22.4. The first kappa shape index (κ1) is 28.5. The highest BCUT2D eigenvalue weighted by molar-refractivity contribution is 9.10. The molecule has 0 bridgehead atoms. The normalized spacial score (nSPS) is 12.5. The molecule has 0 fully saturated rings. The Morgan fingerprint density at radius 1 is 0.973 bits per heavy atom. The van der Waals surface area contributed by atoms with E-state index < -0.39 is 6.04 Å². The standard InChI is InChI=1S/C31H37BrN2O3/c1-6-23(4)33-31(36)28(18-25-10-8-7-9-11-25)34(19-26-12-14-27(32)15-13-26)30(35)20-37-29-17-21(2)16-22(3)24(29)5/h7-17,23,28H,6,18-20H2,1-5H3,(H,33,36)/t23-,28-/m0/s1. The molecular weight excluding hydrogens is 528 g/mol. The van der Waals surface area contributed by atoms with E-state index in [9.17, 15) is 9.59 Å². The largest absolute Gasteiger partial charge is 0.483 e. The average molecular weight is 566 g/mol. The summed E-state index contributed by atoms with van der Waals surface area (Å²) in [6, 6.07) is 21.0. The molecule has 3 aromatic carbocycles. The molecule has 0 radical (unpaired) electrons. The lowest BCUT2D eigenvalue weighted by molar-refractivity contribution is -0.143. The van der Waals surface area contributed by atoms with Gasteiger partial charge in [-0.25, -0.2) is 0 Å². The second-order valence-electron chi connectivity index (χ2n) is 9.67. The molecule has 0 heterocycles. The van der Waals surface area contributed by atoms with Gasteiger partial charge in [0.25, 0.3) is 5.91 Å². The summed E-state index contributed by atoms with van der Waals surface area (Å²) >= 11 is 3.48. The van der Waals surface area contributed by atoms with Crippen molar-refractivity contribution in [3.8, 4) is 5.75 Å². The van der Waals surface area contributed by atoms with Crippen molar-refractivity contribution >= 4 is 27.7 Å². The molecule has 0 aliphatic carbocycles. The quantitative estimate of drug-likeness (QED) is 0.297. The Bertz CT molecular complexity index is 1200. The van der Waals surface area contributed by atoms with Crippen molar-refractivity contribution in [1.82, 2.24) is 10.2 Å². The number of nitrogens with zero attached hydrogens (tertiary/aromatic N) is 1. The van der Waals surface area contributed by atoms with Gasteiger partial charge in [0, 0.05) is 23.5 Å². The first-order valence-corrected chi connectivity index (χ1v) is 13.6. The Kier molecular flexibility index (Phi) is 10.3. The third-order valence-electron chi connectivity index (χ3n) is 6.65. The van der Waals surface area contributed by atoms with Gasteiger partial charge < -0.3 is 15.0 Å². The third-order valence-corrected chi connectivity index (χ3v) is 7.18. The van der Waals surface area contributed by atoms with Gasteiger partial charge in [-0.2, -0.15) is 0 Å². The van der Waals surface area contributed by atoms with Crippen LogP contribution in [0.4, 0.5) is 0 Å². The summed E-state index contributed by atoms with van der Waals surface area (Å²) in [6.45, 7) is 10.2. The topological polar surface area (TPSA) is 58.6 Å². The zero-order chi connectivity index (χ0) is 26.9. The smallest absolute Gasteiger partial charge is 0.261 e. The number of benzene rings is 3. The lowest BCUT2D eigenvalue weighted by Gasteiger charge is -2.32. The number of hydrogen-bond donors (Lipinski definition) is 1. The van der Waals surface area contributed by atoms with Gasteiger partial charge in [0.1, 0.15) is 11.8 Å². The second-order valence-corrected chi connectivity index (χ2v) is 10.6. The van der Waals surface area contributed by atoms with Gasteiger partial charge in [-0.1, -0.05) is 71.4 Å². The molecule has 0 saturated heterocycles. The van der Waals surface area contributed by atoms with Crippen molar-refractivity contribution in [1.29, 1.82) is 0 Å². The van der Waals surface area contributed by atoms with Gasteiger partial charge >= 0.3 is 0 Å². The van der Waals surface area contributed by atoms with Crippen LogP contribution in [0.3, 0.4) is 0 Å². The monoisotopic (exact) mass is 564 g/mol. The minimum Gasteiger partial charge on any atom is -0.483 e. The Labute approximate surface area is 229 Å². The summed E-state index contributed by atoms with van der Waals surface area (Å²) in [5, 5.41) is 3.10. The Hall–Kier alpha value is -3.12. The number of aryl methyl sites for hydroxylation is 2. The van der Waals surface area contributed by atoms with Crippen molar-refractivity contribution in [2.75, 3.05) is 6.61 Å². The summed E-state index contributed by atoms with van der Waals surface area (Å²) in [5.74, 6) is 0.297. The predicted molar refractivity (Wildman–Crippen MR) is 153 cm³/mol. The fourth-order valence-electron chi connectivity index (χ4n) is 4.15. The first-order valence-electron chi connectivity index (χ1n) is 12.8. The summed E-state index contributed by atoms with van der Waals surface area (Å²) in [7, 11) is 0. The molecule has 0 aliphatic rings. The fourth-order valence-corrected chi connectivity index (χ4v) is 4.42. The van der Waals surface area contributed by atoms with Gasteiger partial charge in [-0.3, -0.25) is 9.59 Å². The van der Waals surface area contributed by atoms with E-state index in [-0.39, 0.29) is 24.5 Å². The van der Waals surface area contributed by atoms with Crippen LogP contribution in [0, 0.1) is 20.8 Å². The van der Waals surface area contributed by atoms with Crippen LogP contribution in [0.15, 0.2) is 71.2 Å². The molecule has 5 nitrogen and oxygen atoms in total. The summed E-state index contributed by atoms with van der Waals surface area (Å²) in [4.78, 5) is 29.0. The van der Waals surface area contributed by atoms with Crippen LogP contribution >= 0.6 is 15.9 Å². The Morgan fingerprint density at radius 3 is 2.30 bits per heavy atom. The van der Waals surface area contributed by atoms with Gasteiger partial charge in [0.2, 0.25) is 5.91 Å². The highest BCUT2D eigenvalue weighted by atomic mass is 79.9. The van der Waals surface area contributed by atoms with E-state index in [2.05, 4.69) is 27.3 Å². The van der Waals surface area contributed by atoms with E-state index in [1.54, 1.807) is 4.90 Å². The second kappa shape index (κ2) is 13.4. The van der Waals surface area contributed by atoms with Crippen LogP contribution in [0.1, 0.15) is 48.1 Å². The molecular formula is C31H37BrN2O3. The fraction of sp³-hybridized carbons (Fsp3) is 0.355. The molecule has 2 atom stereocenters. The van der Waals surface area contributed by atoms with E-state index >= 15 is 0 Å². The number of hydrogen-bond acceptors (Lipinski definition) is 3. The lowest BCUT2D eigenvalue weighted by atomic mass is 10.0. The van der Waals surface area contributed by atoms with Gasteiger partial charge in [-0.05, 0) is 80.1 Å². The molecule has 3 aromatic rings. The van der Waals surface area contributed by atoms with Crippen LogP contribution in [0.25, 0.3) is 0 Å². The van der Waals surface area contributed by atoms with Crippen LogP contribution in [-0.4, -0.2) is 35.4 Å². The molecule has 1 N–H and O–H groups in total. The van der Waals surface area contributed by atoms with Gasteiger partial charge in [-0.15, -0.1) is 0 Å². The molecule has 0 aromatic heterocycles. The average Bonchev–Trinajstić information content (AvgIpc) is 2.88. The molecule has 0 spiro atoms. The predicted octanol–water partition coefficient (Wildman–Crippen LogP) is 6.31. The molecule has 6 heteroatoms. The van der Waals surface area contributed by atoms with Crippen LogP contribution in [-0.2, 0) is 22.6 Å². The minimum absolute atomic E-state index is 0.00424. The summed E-state index contributed by atoms with van der Waals surface area (Å²) in [6.07, 6.45) is 1.22. The van der Waals surface area contributed by atoms with E-state index in [1.165, 1.54) is 0 Å². The zero-order valence-corrected chi connectivity index (χ0v) is 24.0. The van der Waals surface area contributed by atoms with Crippen molar-refractivity contribution < 1.29 is 14.3 Å². The van der Waals surface area contributed by atoms with Crippen molar-refractivity contribution in [2.45, 2.75) is 66.1 Å². The molecule has 196 valence electrons.